The van der Waals surface area contributed by atoms with Crippen molar-refractivity contribution < 1.29 is 28.7 Å². The first kappa shape index (κ1) is 20.3. The Hall–Kier alpha value is -3.43. The Kier molecular flexibility index (Phi) is 5.04. The van der Waals surface area contributed by atoms with E-state index in [9.17, 15) is 24.0 Å². The Balaban J connectivity index is 1.76. The van der Waals surface area contributed by atoms with Crippen LogP contribution < -0.4 is 10.2 Å². The van der Waals surface area contributed by atoms with Crippen molar-refractivity contribution in [2.45, 2.75) is 32.4 Å². The number of nitrogens with zero attached hydrogens (tertiary/aromatic N) is 3. The zero-order valence-electron chi connectivity index (χ0n) is 16.6. The van der Waals surface area contributed by atoms with Crippen molar-refractivity contribution in [2.24, 2.45) is 0 Å². The third kappa shape index (κ3) is 3.53. The summed E-state index contributed by atoms with van der Waals surface area (Å²) in [4.78, 5) is 64.7. The summed E-state index contributed by atoms with van der Waals surface area (Å²) in [6.07, 6.45) is -1.23. The largest absolute Gasteiger partial charge is 0.451 e. The second-order valence-electron chi connectivity index (χ2n) is 7.45. The first-order valence-electron chi connectivity index (χ1n) is 9.03. The highest BCUT2D eigenvalue weighted by molar-refractivity contribution is 6.15. The van der Waals surface area contributed by atoms with Gasteiger partial charge in [0.15, 0.2) is 6.10 Å². The predicted octanol–water partition coefficient (Wildman–Crippen LogP) is 0.576. The number of hydrogen-bond acceptors (Lipinski definition) is 6. The van der Waals surface area contributed by atoms with E-state index in [0.29, 0.717) is 11.4 Å². The van der Waals surface area contributed by atoms with Gasteiger partial charge in [-0.3, -0.25) is 29.0 Å². The van der Waals surface area contributed by atoms with Crippen LogP contribution in [-0.2, 0) is 23.9 Å². The zero-order valence-corrected chi connectivity index (χ0v) is 16.6. The summed E-state index contributed by atoms with van der Waals surface area (Å²) in [5, 5.41) is 2.75. The van der Waals surface area contributed by atoms with Gasteiger partial charge in [-0.25, -0.2) is 4.79 Å². The normalized spacial score (nSPS) is 19.0. The fraction of sp³-hybridized carbons (Fsp3) is 0.421. The van der Waals surface area contributed by atoms with E-state index in [2.05, 4.69) is 5.32 Å². The zero-order chi connectivity index (χ0) is 21.5. The molecule has 2 aliphatic rings. The minimum absolute atomic E-state index is 0.117. The van der Waals surface area contributed by atoms with E-state index in [4.69, 9.17) is 4.74 Å². The van der Waals surface area contributed by atoms with Gasteiger partial charge in [0.2, 0.25) is 5.91 Å². The van der Waals surface area contributed by atoms with Crippen LogP contribution in [0.4, 0.5) is 16.2 Å². The van der Waals surface area contributed by atoms with Crippen molar-refractivity contribution in [3.05, 3.63) is 24.3 Å². The Morgan fingerprint density at radius 2 is 1.86 bits per heavy atom. The molecule has 1 fully saturated rings. The van der Waals surface area contributed by atoms with Crippen molar-refractivity contribution in [1.82, 2.24) is 9.80 Å². The van der Waals surface area contributed by atoms with Crippen molar-refractivity contribution in [3.8, 4) is 0 Å². The Morgan fingerprint density at radius 1 is 1.21 bits per heavy atom. The van der Waals surface area contributed by atoms with Gasteiger partial charge in [-0.2, -0.15) is 0 Å². The molecule has 2 heterocycles. The second-order valence-corrected chi connectivity index (χ2v) is 7.45. The Bertz CT molecular complexity index is 912. The molecular weight excluding hydrogens is 380 g/mol. The summed E-state index contributed by atoms with van der Waals surface area (Å²) < 4.78 is 5.18. The molecule has 1 N–H and O–H groups in total. The fourth-order valence-electron chi connectivity index (χ4n) is 3.27. The molecule has 0 unspecified atom stereocenters. The summed E-state index contributed by atoms with van der Waals surface area (Å²) in [6, 6.07) is 6.20. The van der Waals surface area contributed by atoms with Gasteiger partial charge in [0.1, 0.15) is 18.6 Å². The summed E-state index contributed by atoms with van der Waals surface area (Å²) in [5.74, 6) is -2.38. The number of rotatable bonds is 4. The molecule has 154 valence electrons. The maximum absolute atomic E-state index is 13.1. The van der Waals surface area contributed by atoms with Gasteiger partial charge in [-0.05, 0) is 32.9 Å². The van der Waals surface area contributed by atoms with Crippen LogP contribution in [0.25, 0.3) is 0 Å². The molecule has 1 aromatic rings. The molecule has 0 aliphatic carbocycles. The number of esters is 1. The molecule has 0 spiro atoms. The number of para-hydroxylation sites is 2. The van der Waals surface area contributed by atoms with Crippen LogP contribution in [0.5, 0.6) is 0 Å². The lowest BCUT2D eigenvalue weighted by Crippen LogP contribution is -2.60. The van der Waals surface area contributed by atoms with Crippen LogP contribution >= 0.6 is 0 Å². The van der Waals surface area contributed by atoms with Crippen LogP contribution in [0.15, 0.2) is 24.3 Å². The number of ether oxygens (including phenoxy) is 1. The number of fused-ring (bicyclic) bond motifs is 1. The lowest BCUT2D eigenvalue weighted by atomic mass is 9.95. The standard InChI is InChI=1S/C19H22N4O6/c1-11(29-15(25)10-22-14(24)9-21(4)18(22)28)16(26)23-13-8-6-5-7-12(13)20-17(27)19(23,2)3/h5-8,11H,9-10H2,1-4H3,(H,20,27)/t11-/m1/s1. The van der Waals surface area contributed by atoms with Crippen LogP contribution in [0.1, 0.15) is 20.8 Å². The summed E-state index contributed by atoms with van der Waals surface area (Å²) >= 11 is 0. The molecule has 5 amide bonds. The monoisotopic (exact) mass is 402 g/mol. The van der Waals surface area contributed by atoms with Gasteiger partial charge in [-0.15, -0.1) is 0 Å². The lowest BCUT2D eigenvalue weighted by Gasteiger charge is -2.42. The summed E-state index contributed by atoms with van der Waals surface area (Å²) in [6.45, 7) is 3.85. The first-order chi connectivity index (χ1) is 13.5. The van der Waals surface area contributed by atoms with E-state index < -0.39 is 42.0 Å². The van der Waals surface area contributed by atoms with Crippen molar-refractivity contribution in [3.63, 3.8) is 0 Å². The van der Waals surface area contributed by atoms with Gasteiger partial charge in [0.25, 0.3) is 11.8 Å². The molecule has 2 aliphatic heterocycles. The van der Waals surface area contributed by atoms with Gasteiger partial charge in [0, 0.05) is 7.05 Å². The van der Waals surface area contributed by atoms with Crippen LogP contribution in [0, 0.1) is 0 Å². The van der Waals surface area contributed by atoms with E-state index in [1.807, 2.05) is 0 Å². The smallest absolute Gasteiger partial charge is 0.327 e. The lowest BCUT2D eigenvalue weighted by molar-refractivity contribution is -0.156. The minimum Gasteiger partial charge on any atom is -0.451 e. The third-order valence-corrected chi connectivity index (χ3v) is 4.90. The maximum atomic E-state index is 13.1. The molecule has 1 aromatic carbocycles. The number of carbonyl (C=O) groups excluding carboxylic acids is 5. The van der Waals surface area contributed by atoms with Gasteiger partial charge < -0.3 is 15.0 Å². The number of anilines is 2. The Labute approximate surface area is 167 Å². The fourth-order valence-corrected chi connectivity index (χ4v) is 3.27. The molecular formula is C19H22N4O6. The molecule has 1 saturated heterocycles. The average Bonchev–Trinajstić information content (AvgIpc) is 2.88. The number of benzene rings is 1. The molecule has 10 nitrogen and oxygen atoms in total. The number of hydrogen-bond donors (Lipinski definition) is 1. The summed E-state index contributed by atoms with van der Waals surface area (Å²) in [7, 11) is 1.44. The second kappa shape index (κ2) is 7.19. The number of nitrogens with one attached hydrogen (secondary N) is 1. The van der Waals surface area contributed by atoms with E-state index in [1.165, 1.54) is 23.8 Å². The number of likely N-dealkylation sites (N-methyl/N-ethyl adjacent to an activating group) is 1. The molecule has 0 radical (unpaired) electrons. The van der Waals surface area contributed by atoms with Crippen molar-refractivity contribution >= 4 is 41.1 Å². The van der Waals surface area contributed by atoms with Gasteiger partial charge >= 0.3 is 12.0 Å². The predicted molar refractivity (Wildman–Crippen MR) is 102 cm³/mol. The SMILES string of the molecule is C[C@@H](OC(=O)CN1C(=O)CN(C)C1=O)C(=O)N1c2ccccc2NC(=O)C1(C)C. The number of urea groups is 1. The van der Waals surface area contributed by atoms with Crippen molar-refractivity contribution in [1.29, 1.82) is 0 Å². The van der Waals surface area contributed by atoms with Crippen LogP contribution in [0.2, 0.25) is 0 Å². The van der Waals surface area contributed by atoms with E-state index >= 15 is 0 Å². The molecule has 0 bridgehead atoms. The summed E-state index contributed by atoms with van der Waals surface area (Å²) in [5.41, 5.74) is -0.257. The first-order valence-corrected chi connectivity index (χ1v) is 9.03. The van der Waals surface area contributed by atoms with Crippen molar-refractivity contribution in [2.75, 3.05) is 30.4 Å². The van der Waals surface area contributed by atoms with Crippen LogP contribution in [-0.4, -0.2) is 71.3 Å². The molecule has 10 heteroatoms. The topological polar surface area (TPSA) is 116 Å². The van der Waals surface area contributed by atoms with Crippen LogP contribution in [0.3, 0.4) is 0 Å². The number of imide groups is 1. The maximum Gasteiger partial charge on any atom is 0.327 e. The molecule has 0 aromatic heterocycles. The van der Waals surface area contributed by atoms with Gasteiger partial charge in [0.05, 0.1) is 11.4 Å². The number of carbonyl (C=O) groups is 5. The highest BCUT2D eigenvalue weighted by Crippen LogP contribution is 2.37. The molecule has 29 heavy (non-hydrogen) atoms. The van der Waals surface area contributed by atoms with E-state index in [0.717, 1.165) is 4.90 Å². The minimum atomic E-state index is -1.23. The number of amides is 5. The molecule has 0 saturated carbocycles. The van der Waals surface area contributed by atoms with E-state index in [-0.39, 0.29) is 12.5 Å². The highest BCUT2D eigenvalue weighted by atomic mass is 16.5. The molecule has 3 rings (SSSR count). The third-order valence-electron chi connectivity index (χ3n) is 4.90. The van der Waals surface area contributed by atoms with E-state index in [1.54, 1.807) is 38.1 Å². The average molecular weight is 402 g/mol. The highest BCUT2D eigenvalue weighted by Gasteiger charge is 2.45. The Morgan fingerprint density at radius 3 is 2.48 bits per heavy atom. The quantitative estimate of drug-likeness (QED) is 0.582. The van der Waals surface area contributed by atoms with Gasteiger partial charge in [-0.1, -0.05) is 12.1 Å². The molecule has 1 atom stereocenters.